The number of aryl methyl sites for hydroxylation is 1. The molecule has 2 heteroatoms. The van der Waals surface area contributed by atoms with Crippen LogP contribution in [0.25, 0.3) is 6.08 Å². The minimum atomic E-state index is -0.258. The molecule has 0 atom stereocenters. The average molecular weight is 280 g/mol. The Bertz CT molecular complexity index is 664. The lowest BCUT2D eigenvalue weighted by atomic mass is 10.0. The second-order valence-corrected chi connectivity index (χ2v) is 4.96. The molecule has 1 nitrogen and oxygen atoms in total. The minimum Gasteiger partial charge on any atom is -0.289 e. The van der Waals surface area contributed by atoms with Gasteiger partial charge in [-0.3, -0.25) is 4.79 Å². The Hall–Kier alpha value is -2.48. The topological polar surface area (TPSA) is 17.1 Å². The van der Waals surface area contributed by atoms with Crippen molar-refractivity contribution in [2.75, 3.05) is 0 Å². The molecule has 0 aliphatic carbocycles. The molecule has 0 aliphatic heterocycles. The molecular weight excluding hydrogens is 263 g/mol. The first-order chi connectivity index (χ1) is 10.1. The number of hydrogen-bond acceptors (Lipinski definition) is 1. The zero-order valence-corrected chi connectivity index (χ0v) is 12.0. The second-order valence-electron chi connectivity index (χ2n) is 4.96. The summed E-state index contributed by atoms with van der Waals surface area (Å²) < 4.78 is 12.8. The van der Waals surface area contributed by atoms with Crippen molar-refractivity contribution in [3.8, 4) is 0 Å². The van der Waals surface area contributed by atoms with Gasteiger partial charge in [-0.15, -0.1) is 0 Å². The largest absolute Gasteiger partial charge is 0.289 e. The monoisotopic (exact) mass is 280 g/mol. The molecule has 0 bridgehead atoms. The first-order valence-corrected chi connectivity index (χ1v) is 6.77. The zero-order chi connectivity index (χ0) is 15.2. The number of benzene rings is 2. The van der Waals surface area contributed by atoms with Crippen LogP contribution in [0.3, 0.4) is 0 Å². The molecule has 21 heavy (non-hydrogen) atoms. The summed E-state index contributed by atoms with van der Waals surface area (Å²) in [7, 11) is 0. The zero-order valence-electron chi connectivity index (χ0n) is 12.0. The van der Waals surface area contributed by atoms with Crippen molar-refractivity contribution >= 4 is 11.9 Å². The van der Waals surface area contributed by atoms with E-state index in [4.69, 9.17) is 0 Å². The number of hydrogen-bond donors (Lipinski definition) is 0. The second kappa shape index (κ2) is 6.80. The first-order valence-electron chi connectivity index (χ1n) is 6.77. The summed E-state index contributed by atoms with van der Waals surface area (Å²) in [5.74, 6) is -0.301. The molecule has 2 aromatic carbocycles. The van der Waals surface area contributed by atoms with Crippen LogP contribution < -0.4 is 0 Å². The van der Waals surface area contributed by atoms with E-state index in [2.05, 4.69) is 6.58 Å². The van der Waals surface area contributed by atoms with Crippen molar-refractivity contribution in [3.63, 3.8) is 0 Å². The van der Waals surface area contributed by atoms with E-state index in [1.807, 2.05) is 43.3 Å². The summed E-state index contributed by atoms with van der Waals surface area (Å²) in [4.78, 5) is 12.2. The molecule has 0 heterocycles. The fourth-order valence-corrected chi connectivity index (χ4v) is 1.91. The van der Waals surface area contributed by atoms with Gasteiger partial charge in [-0.05, 0) is 36.6 Å². The van der Waals surface area contributed by atoms with E-state index in [9.17, 15) is 9.18 Å². The van der Waals surface area contributed by atoms with Crippen molar-refractivity contribution in [2.24, 2.45) is 0 Å². The number of ketones is 1. The molecule has 0 spiro atoms. The highest BCUT2D eigenvalue weighted by atomic mass is 19.1. The molecule has 0 saturated heterocycles. The minimum absolute atomic E-state index is 0.0428. The quantitative estimate of drug-likeness (QED) is 0.558. The maximum Gasteiger partial charge on any atom is 0.188 e. The van der Waals surface area contributed by atoms with Crippen molar-refractivity contribution in [3.05, 3.63) is 89.3 Å². The summed E-state index contributed by atoms with van der Waals surface area (Å²) >= 11 is 0. The third-order valence-corrected chi connectivity index (χ3v) is 3.18. The van der Waals surface area contributed by atoms with Gasteiger partial charge in [-0.25, -0.2) is 4.39 Å². The molecule has 0 saturated carbocycles. The summed E-state index contributed by atoms with van der Waals surface area (Å²) in [5, 5.41) is 0. The standard InChI is InChI=1S/C19H17FO/c1-14-6-10-17(11-7-14)19(21)15(2)4-3-5-16-8-12-18(20)13-9-16/h3,5-13H,2,4H2,1H3/b5-3+. The van der Waals surface area contributed by atoms with E-state index >= 15 is 0 Å². The number of rotatable bonds is 5. The van der Waals surface area contributed by atoms with Gasteiger partial charge in [0, 0.05) is 5.56 Å². The molecular formula is C19H17FO. The van der Waals surface area contributed by atoms with E-state index in [0.29, 0.717) is 17.6 Å². The predicted octanol–water partition coefficient (Wildman–Crippen LogP) is 4.98. The van der Waals surface area contributed by atoms with Crippen molar-refractivity contribution < 1.29 is 9.18 Å². The Balaban J connectivity index is 1.96. The Labute approximate surface area is 124 Å². The highest BCUT2D eigenvalue weighted by molar-refractivity contribution is 6.08. The van der Waals surface area contributed by atoms with Gasteiger partial charge in [-0.2, -0.15) is 0 Å². The van der Waals surface area contributed by atoms with Crippen LogP contribution in [0.5, 0.6) is 0 Å². The summed E-state index contributed by atoms with van der Waals surface area (Å²) in [6, 6.07) is 13.6. The van der Waals surface area contributed by atoms with Gasteiger partial charge >= 0.3 is 0 Å². The van der Waals surface area contributed by atoms with E-state index in [1.54, 1.807) is 12.1 Å². The Kier molecular flexibility index (Phi) is 4.83. The number of carbonyl (C=O) groups excluding carboxylic acids is 1. The van der Waals surface area contributed by atoms with Gasteiger partial charge in [0.15, 0.2) is 5.78 Å². The number of carbonyl (C=O) groups is 1. The molecule has 2 aromatic rings. The van der Waals surface area contributed by atoms with Crippen molar-refractivity contribution in [1.29, 1.82) is 0 Å². The maximum absolute atomic E-state index is 12.8. The van der Waals surface area contributed by atoms with E-state index in [0.717, 1.165) is 11.1 Å². The summed E-state index contributed by atoms with van der Waals surface area (Å²) in [6.07, 6.45) is 4.19. The Morgan fingerprint density at radius 1 is 1.10 bits per heavy atom. The molecule has 0 radical (unpaired) electrons. The Morgan fingerprint density at radius 3 is 2.33 bits per heavy atom. The van der Waals surface area contributed by atoms with Crippen LogP contribution in [-0.2, 0) is 0 Å². The van der Waals surface area contributed by atoms with Gasteiger partial charge in [0.25, 0.3) is 0 Å². The van der Waals surface area contributed by atoms with Crippen LogP contribution in [0.2, 0.25) is 0 Å². The molecule has 0 aliphatic rings. The number of halogens is 1. The lowest BCUT2D eigenvalue weighted by molar-refractivity contribution is 0.103. The lowest BCUT2D eigenvalue weighted by Gasteiger charge is -2.03. The van der Waals surface area contributed by atoms with Gasteiger partial charge in [0.1, 0.15) is 5.82 Å². The van der Waals surface area contributed by atoms with E-state index < -0.39 is 0 Å². The normalized spacial score (nSPS) is 10.8. The molecule has 0 amide bonds. The van der Waals surface area contributed by atoms with Crippen LogP contribution in [-0.4, -0.2) is 5.78 Å². The van der Waals surface area contributed by atoms with Gasteiger partial charge in [0.05, 0.1) is 0 Å². The third-order valence-electron chi connectivity index (χ3n) is 3.18. The van der Waals surface area contributed by atoms with Gasteiger partial charge in [0.2, 0.25) is 0 Å². The fourth-order valence-electron chi connectivity index (χ4n) is 1.91. The number of Topliss-reactive ketones (excluding diaryl/α,β-unsaturated/α-hetero) is 1. The molecule has 106 valence electrons. The SMILES string of the molecule is C=C(C/C=C/c1ccc(F)cc1)C(=O)c1ccc(C)cc1. The van der Waals surface area contributed by atoms with Gasteiger partial charge in [-0.1, -0.05) is 60.7 Å². The van der Waals surface area contributed by atoms with E-state index in [-0.39, 0.29) is 11.6 Å². The summed E-state index contributed by atoms with van der Waals surface area (Å²) in [5.41, 5.74) is 3.21. The summed E-state index contributed by atoms with van der Waals surface area (Å²) in [6.45, 7) is 5.82. The van der Waals surface area contributed by atoms with Crippen LogP contribution in [0.1, 0.15) is 27.9 Å². The van der Waals surface area contributed by atoms with Crippen LogP contribution in [0.15, 0.2) is 66.8 Å². The molecule has 0 aromatic heterocycles. The van der Waals surface area contributed by atoms with Crippen molar-refractivity contribution in [1.82, 2.24) is 0 Å². The Morgan fingerprint density at radius 2 is 1.71 bits per heavy atom. The van der Waals surface area contributed by atoms with Crippen LogP contribution >= 0.6 is 0 Å². The lowest BCUT2D eigenvalue weighted by Crippen LogP contribution is -2.01. The van der Waals surface area contributed by atoms with E-state index in [1.165, 1.54) is 12.1 Å². The first kappa shape index (κ1) is 14.9. The molecule has 2 rings (SSSR count). The van der Waals surface area contributed by atoms with Crippen LogP contribution in [0.4, 0.5) is 4.39 Å². The molecule has 0 unspecified atom stereocenters. The predicted molar refractivity (Wildman–Crippen MR) is 84.7 cm³/mol. The smallest absolute Gasteiger partial charge is 0.188 e. The maximum atomic E-state index is 12.8. The highest BCUT2D eigenvalue weighted by Crippen LogP contribution is 2.13. The number of allylic oxidation sites excluding steroid dienone is 2. The molecule has 0 N–H and O–H groups in total. The third kappa shape index (κ3) is 4.25. The molecule has 0 fully saturated rings. The van der Waals surface area contributed by atoms with Gasteiger partial charge < -0.3 is 0 Å². The fraction of sp³-hybridized carbons (Fsp3) is 0.105. The van der Waals surface area contributed by atoms with Crippen LogP contribution in [0, 0.1) is 12.7 Å². The highest BCUT2D eigenvalue weighted by Gasteiger charge is 2.08. The van der Waals surface area contributed by atoms with Crippen molar-refractivity contribution in [2.45, 2.75) is 13.3 Å². The average Bonchev–Trinajstić information content (AvgIpc) is 2.49.